The van der Waals surface area contributed by atoms with Gasteiger partial charge in [-0.1, -0.05) is 41.9 Å². The maximum atomic E-state index is 5.98. The van der Waals surface area contributed by atoms with E-state index in [1.807, 2.05) is 25.2 Å². The van der Waals surface area contributed by atoms with Gasteiger partial charge in [-0.15, -0.1) is 0 Å². The first-order valence-electron chi connectivity index (χ1n) is 7.42. The van der Waals surface area contributed by atoms with Crippen LogP contribution in [0.5, 0.6) is 5.75 Å². The number of hydrogen-bond acceptors (Lipinski definition) is 2. The molecule has 0 spiro atoms. The Hall–Kier alpha value is -1.51. The lowest BCUT2D eigenvalue weighted by atomic mass is 9.85. The van der Waals surface area contributed by atoms with Crippen molar-refractivity contribution in [2.24, 2.45) is 0 Å². The third kappa shape index (κ3) is 3.22. The smallest absolute Gasteiger partial charge is 0.122 e. The normalized spacial score (nSPS) is 18.7. The van der Waals surface area contributed by atoms with Crippen LogP contribution in [0.25, 0.3) is 0 Å². The first-order chi connectivity index (χ1) is 10.3. The van der Waals surface area contributed by atoms with Crippen molar-refractivity contribution in [3.63, 3.8) is 0 Å². The van der Waals surface area contributed by atoms with E-state index >= 15 is 0 Å². The summed E-state index contributed by atoms with van der Waals surface area (Å²) < 4.78 is 5.75. The molecular formula is C18H20ClNO. The fourth-order valence-electron chi connectivity index (χ4n) is 3.06. The van der Waals surface area contributed by atoms with Crippen LogP contribution in [-0.4, -0.2) is 13.7 Å². The number of fused-ring (bicyclic) bond motifs is 1. The van der Waals surface area contributed by atoms with Gasteiger partial charge in [0.2, 0.25) is 0 Å². The molecule has 0 amide bonds. The van der Waals surface area contributed by atoms with Crippen molar-refractivity contribution in [1.82, 2.24) is 5.32 Å². The van der Waals surface area contributed by atoms with Crippen molar-refractivity contribution in [3.8, 4) is 5.75 Å². The van der Waals surface area contributed by atoms with Crippen LogP contribution in [0.3, 0.4) is 0 Å². The Bertz CT molecular complexity index is 596. The second kappa shape index (κ2) is 6.50. The Kier molecular flexibility index (Phi) is 4.47. The van der Waals surface area contributed by atoms with E-state index in [2.05, 4.69) is 35.6 Å². The lowest BCUT2D eigenvalue weighted by Gasteiger charge is -2.29. The molecule has 21 heavy (non-hydrogen) atoms. The maximum Gasteiger partial charge on any atom is 0.122 e. The number of nitrogens with one attached hydrogen (secondary N) is 1. The van der Waals surface area contributed by atoms with Crippen LogP contribution in [0.15, 0.2) is 48.5 Å². The van der Waals surface area contributed by atoms with Gasteiger partial charge in [-0.3, -0.25) is 0 Å². The number of ether oxygens (including phenoxy) is 1. The van der Waals surface area contributed by atoms with Crippen molar-refractivity contribution in [3.05, 3.63) is 64.7 Å². The van der Waals surface area contributed by atoms with Gasteiger partial charge in [-0.2, -0.15) is 0 Å². The van der Waals surface area contributed by atoms with Crippen LogP contribution in [0.4, 0.5) is 0 Å². The highest BCUT2D eigenvalue weighted by Gasteiger charge is 2.24. The molecule has 2 unspecified atom stereocenters. The lowest BCUT2D eigenvalue weighted by Crippen LogP contribution is -2.22. The number of halogens is 1. The molecule has 3 rings (SSSR count). The van der Waals surface area contributed by atoms with Crippen molar-refractivity contribution >= 4 is 11.6 Å². The average Bonchev–Trinajstić information content (AvgIpc) is 2.54. The summed E-state index contributed by atoms with van der Waals surface area (Å²) in [5.41, 5.74) is 2.61. The highest BCUT2D eigenvalue weighted by molar-refractivity contribution is 6.30. The SMILES string of the molecule is CNC(CC1CCOc2ccccc21)c1ccc(Cl)cc1. The van der Waals surface area contributed by atoms with Crippen LogP contribution in [-0.2, 0) is 0 Å². The molecule has 1 heterocycles. The summed E-state index contributed by atoms with van der Waals surface area (Å²) in [7, 11) is 2.02. The van der Waals surface area contributed by atoms with Crippen LogP contribution >= 0.6 is 11.6 Å². The van der Waals surface area contributed by atoms with E-state index in [-0.39, 0.29) is 0 Å². The topological polar surface area (TPSA) is 21.3 Å². The fourth-order valence-corrected chi connectivity index (χ4v) is 3.19. The van der Waals surface area contributed by atoms with Gasteiger partial charge in [0.25, 0.3) is 0 Å². The van der Waals surface area contributed by atoms with Crippen molar-refractivity contribution in [2.75, 3.05) is 13.7 Å². The summed E-state index contributed by atoms with van der Waals surface area (Å²) in [6.45, 7) is 0.804. The second-order valence-corrected chi connectivity index (χ2v) is 5.94. The minimum atomic E-state index is 0.332. The predicted octanol–water partition coefficient (Wildman–Crippen LogP) is 4.56. The molecule has 2 atom stereocenters. The summed E-state index contributed by atoms with van der Waals surface area (Å²) in [6, 6.07) is 16.8. The van der Waals surface area contributed by atoms with Gasteiger partial charge in [-0.25, -0.2) is 0 Å². The van der Waals surface area contributed by atoms with E-state index in [0.717, 1.165) is 30.2 Å². The van der Waals surface area contributed by atoms with Crippen molar-refractivity contribution < 1.29 is 4.74 Å². The molecule has 0 aromatic heterocycles. The molecule has 1 N–H and O–H groups in total. The second-order valence-electron chi connectivity index (χ2n) is 5.50. The Morgan fingerprint density at radius 1 is 1.19 bits per heavy atom. The average molecular weight is 302 g/mol. The lowest BCUT2D eigenvalue weighted by molar-refractivity contribution is 0.256. The quantitative estimate of drug-likeness (QED) is 0.894. The van der Waals surface area contributed by atoms with E-state index in [0.29, 0.717) is 12.0 Å². The zero-order valence-electron chi connectivity index (χ0n) is 12.2. The van der Waals surface area contributed by atoms with Gasteiger partial charge in [0.05, 0.1) is 6.61 Å². The Morgan fingerprint density at radius 2 is 1.95 bits per heavy atom. The molecule has 3 heteroatoms. The molecule has 0 bridgehead atoms. The molecule has 0 fully saturated rings. The zero-order valence-corrected chi connectivity index (χ0v) is 12.9. The molecule has 2 aromatic carbocycles. The minimum Gasteiger partial charge on any atom is -0.493 e. The number of benzene rings is 2. The molecule has 0 aliphatic carbocycles. The third-order valence-electron chi connectivity index (χ3n) is 4.22. The summed E-state index contributed by atoms with van der Waals surface area (Å²) in [6.07, 6.45) is 2.14. The minimum absolute atomic E-state index is 0.332. The van der Waals surface area contributed by atoms with Crippen LogP contribution in [0, 0.1) is 0 Å². The van der Waals surface area contributed by atoms with E-state index in [9.17, 15) is 0 Å². The summed E-state index contributed by atoms with van der Waals surface area (Å²) >= 11 is 5.98. The Balaban J connectivity index is 1.80. The number of para-hydroxylation sites is 1. The van der Waals surface area contributed by atoms with Gasteiger partial charge in [-0.05, 0) is 55.1 Å². The van der Waals surface area contributed by atoms with E-state index in [1.54, 1.807) is 0 Å². The summed E-state index contributed by atoms with van der Waals surface area (Å²) in [5, 5.41) is 4.21. The molecule has 110 valence electrons. The van der Waals surface area contributed by atoms with Gasteiger partial charge in [0, 0.05) is 11.1 Å². The first kappa shape index (κ1) is 14.4. The first-order valence-corrected chi connectivity index (χ1v) is 7.80. The largest absolute Gasteiger partial charge is 0.493 e. The summed E-state index contributed by atoms with van der Waals surface area (Å²) in [5.74, 6) is 1.57. The standard InChI is InChI=1S/C18H20ClNO/c1-20-17(13-6-8-15(19)9-7-13)12-14-10-11-21-18-5-3-2-4-16(14)18/h2-9,14,17,20H,10-12H2,1H3. The molecule has 1 aliphatic rings. The predicted molar refractivity (Wildman–Crippen MR) is 87.2 cm³/mol. The maximum absolute atomic E-state index is 5.98. The van der Waals surface area contributed by atoms with Crippen molar-refractivity contribution in [1.29, 1.82) is 0 Å². The van der Waals surface area contributed by atoms with Gasteiger partial charge in [0.1, 0.15) is 5.75 Å². The molecule has 0 saturated carbocycles. The molecule has 0 saturated heterocycles. The van der Waals surface area contributed by atoms with Crippen LogP contribution < -0.4 is 10.1 Å². The van der Waals surface area contributed by atoms with Gasteiger partial charge < -0.3 is 10.1 Å². The fraction of sp³-hybridized carbons (Fsp3) is 0.333. The van der Waals surface area contributed by atoms with Crippen LogP contribution in [0.2, 0.25) is 5.02 Å². The number of hydrogen-bond donors (Lipinski definition) is 1. The van der Waals surface area contributed by atoms with Crippen molar-refractivity contribution in [2.45, 2.75) is 24.8 Å². The molecule has 0 radical (unpaired) electrons. The molecule has 2 nitrogen and oxygen atoms in total. The molecule has 2 aromatic rings. The Labute approximate surface area is 131 Å². The van der Waals surface area contributed by atoms with Gasteiger partial charge in [0.15, 0.2) is 0 Å². The van der Waals surface area contributed by atoms with E-state index < -0.39 is 0 Å². The Morgan fingerprint density at radius 3 is 2.71 bits per heavy atom. The summed E-state index contributed by atoms with van der Waals surface area (Å²) in [4.78, 5) is 0. The number of rotatable bonds is 4. The highest BCUT2D eigenvalue weighted by atomic mass is 35.5. The monoisotopic (exact) mass is 301 g/mol. The van der Waals surface area contributed by atoms with Crippen LogP contribution in [0.1, 0.15) is 35.9 Å². The van der Waals surface area contributed by atoms with E-state index in [4.69, 9.17) is 16.3 Å². The highest BCUT2D eigenvalue weighted by Crippen LogP contribution is 2.38. The zero-order chi connectivity index (χ0) is 14.7. The van der Waals surface area contributed by atoms with Gasteiger partial charge >= 0.3 is 0 Å². The third-order valence-corrected chi connectivity index (χ3v) is 4.48. The van der Waals surface area contributed by atoms with E-state index in [1.165, 1.54) is 11.1 Å². The molecular weight excluding hydrogens is 282 g/mol. The molecule has 1 aliphatic heterocycles.